The van der Waals surface area contributed by atoms with Gasteiger partial charge < -0.3 is 9.80 Å². The number of rotatable bonds is 7. The van der Waals surface area contributed by atoms with Crippen LogP contribution in [-0.2, 0) is 14.4 Å². The Morgan fingerprint density at radius 3 is 2.30 bits per heavy atom. The normalized spacial score (nSPS) is 24.1. The molecule has 5 amide bonds. The predicted octanol–water partition coefficient (Wildman–Crippen LogP) is 5.32. The molecule has 2 aromatic heterocycles. The number of nitrogens with zero attached hydrogens (tertiary/aromatic N) is 8. The molecule has 14 nitrogen and oxygen atoms in total. The molecule has 4 saturated heterocycles. The number of piperazine rings is 1. The van der Waals surface area contributed by atoms with Crippen LogP contribution in [0.3, 0.4) is 0 Å². The Kier molecular flexibility index (Phi) is 9.94. The molecular formula is C44H45ClFN9O5S. The minimum absolute atomic E-state index is 0.0128. The van der Waals surface area contributed by atoms with Gasteiger partial charge in [0.25, 0.3) is 11.8 Å². The first-order chi connectivity index (χ1) is 29.3. The molecule has 0 saturated carbocycles. The molecule has 2 aromatic carbocycles. The van der Waals surface area contributed by atoms with Crippen molar-refractivity contribution in [3.63, 3.8) is 0 Å². The molecule has 3 unspecified atom stereocenters. The topological polar surface area (TPSA) is 153 Å². The van der Waals surface area contributed by atoms with Gasteiger partial charge in [0.05, 0.1) is 28.9 Å². The molecule has 8 heterocycles. The van der Waals surface area contributed by atoms with E-state index >= 15 is 4.39 Å². The second-order valence-electron chi connectivity index (χ2n) is 17.2. The lowest BCUT2D eigenvalue weighted by Crippen LogP contribution is -2.55. The SMILES string of the molecule is Cc1sc2c(c1C)C(c1ccc(Cl)cc1)=N[C@@H](CC(=O)N1CCC(CN3C4CCC3CN(c3cc5c(cc3F)C(=O)N(C3CCC(=O)NC3=O)C5=O)C4)CC1)c1nnc(C)n1-2. The van der Waals surface area contributed by atoms with Gasteiger partial charge in [-0.05, 0) is 88.6 Å². The lowest BCUT2D eigenvalue weighted by Gasteiger charge is -2.44. The monoisotopic (exact) mass is 865 g/mol. The Balaban J connectivity index is 0.795. The van der Waals surface area contributed by atoms with Gasteiger partial charge in [-0.15, -0.1) is 21.5 Å². The number of aryl methyl sites for hydroxylation is 2. The van der Waals surface area contributed by atoms with Crippen LogP contribution in [0.25, 0.3) is 5.00 Å². The Bertz CT molecular complexity index is 2550. The lowest BCUT2D eigenvalue weighted by atomic mass is 9.94. The van der Waals surface area contributed by atoms with Gasteiger partial charge in [-0.25, -0.2) is 4.39 Å². The van der Waals surface area contributed by atoms with Gasteiger partial charge in [0.1, 0.15) is 28.7 Å². The van der Waals surface area contributed by atoms with Crippen LogP contribution in [0.2, 0.25) is 5.02 Å². The molecule has 1 N–H and O–H groups in total. The molecule has 10 rings (SSSR count). The van der Waals surface area contributed by atoms with E-state index in [0.29, 0.717) is 42.9 Å². The predicted molar refractivity (Wildman–Crippen MR) is 226 cm³/mol. The number of piperidine rings is 2. The number of hydrogen-bond acceptors (Lipinski definition) is 11. The molecule has 316 valence electrons. The van der Waals surface area contributed by atoms with E-state index in [0.717, 1.165) is 76.4 Å². The summed E-state index contributed by atoms with van der Waals surface area (Å²) in [6.07, 6.45) is 3.92. The molecule has 0 radical (unpaired) electrons. The highest BCUT2D eigenvalue weighted by Crippen LogP contribution is 2.41. The zero-order valence-corrected chi connectivity index (χ0v) is 35.7. The van der Waals surface area contributed by atoms with Gasteiger partial charge in [-0.2, -0.15) is 0 Å². The largest absolute Gasteiger partial charge is 0.366 e. The molecule has 2 bridgehead atoms. The van der Waals surface area contributed by atoms with Crippen molar-refractivity contribution in [3.05, 3.63) is 91.6 Å². The highest BCUT2D eigenvalue weighted by Gasteiger charge is 2.47. The number of carbonyl (C=O) groups excluding carboxylic acids is 5. The van der Waals surface area contributed by atoms with Crippen molar-refractivity contribution in [2.45, 2.75) is 89.9 Å². The number of benzene rings is 2. The Labute approximate surface area is 360 Å². The molecule has 61 heavy (non-hydrogen) atoms. The minimum Gasteiger partial charge on any atom is -0.366 e. The minimum atomic E-state index is -1.11. The van der Waals surface area contributed by atoms with Gasteiger partial charge in [-0.3, -0.25) is 48.6 Å². The standard InChI is InChI=1S/C44H45ClFN9O5S/c1-22-23(2)61-44-38(22)39(26-4-6-27(45)7-5-26)47-33(40-50-49-24(3)54(40)44)18-37(57)51-14-12-25(13-15-51)19-53-28-8-9-29(53)21-52(20-28)35-17-31-30(16-32(35)46)42(59)55(43(31)60)34-10-11-36(56)48-41(34)58/h4-7,16-17,25,28-29,33-34H,8-15,18-21H2,1-3H3,(H,48,56,58)/t28?,29?,33-,34?/m0/s1. The maximum absolute atomic E-state index is 15.8. The first kappa shape index (κ1) is 39.8. The van der Waals surface area contributed by atoms with Crippen molar-refractivity contribution in [2.75, 3.05) is 37.6 Å². The quantitative estimate of drug-likeness (QED) is 0.243. The Morgan fingerprint density at radius 2 is 1.61 bits per heavy atom. The van der Waals surface area contributed by atoms with Crippen LogP contribution in [0.15, 0.2) is 41.4 Å². The van der Waals surface area contributed by atoms with Crippen LogP contribution in [-0.4, -0.2) is 116 Å². The van der Waals surface area contributed by atoms with Gasteiger partial charge >= 0.3 is 0 Å². The average Bonchev–Trinajstić information content (AvgIpc) is 3.87. The van der Waals surface area contributed by atoms with Crippen LogP contribution in [0.4, 0.5) is 10.1 Å². The number of carbonyl (C=O) groups is 5. The second-order valence-corrected chi connectivity index (χ2v) is 18.9. The van der Waals surface area contributed by atoms with Gasteiger partial charge in [0, 0.05) is 72.3 Å². The summed E-state index contributed by atoms with van der Waals surface area (Å²) in [5.74, 6) is -1.25. The summed E-state index contributed by atoms with van der Waals surface area (Å²) in [6, 6.07) is 9.02. The maximum Gasteiger partial charge on any atom is 0.262 e. The zero-order valence-electron chi connectivity index (χ0n) is 34.1. The Morgan fingerprint density at radius 1 is 0.918 bits per heavy atom. The summed E-state index contributed by atoms with van der Waals surface area (Å²) < 4.78 is 17.9. The number of nitrogens with one attached hydrogen (secondary N) is 1. The number of likely N-dealkylation sites (tertiary alicyclic amines) is 1. The first-order valence-electron chi connectivity index (χ1n) is 21.0. The molecule has 4 aromatic rings. The number of halogens is 2. The van der Waals surface area contributed by atoms with Crippen molar-refractivity contribution < 1.29 is 28.4 Å². The number of imide groups is 2. The van der Waals surface area contributed by atoms with E-state index in [4.69, 9.17) is 16.6 Å². The molecule has 4 fully saturated rings. The van der Waals surface area contributed by atoms with Crippen LogP contribution < -0.4 is 10.2 Å². The third-order valence-electron chi connectivity index (χ3n) is 13.6. The average molecular weight is 866 g/mol. The van der Waals surface area contributed by atoms with Crippen molar-refractivity contribution >= 4 is 63.9 Å². The van der Waals surface area contributed by atoms with E-state index in [1.54, 1.807) is 11.3 Å². The fourth-order valence-electron chi connectivity index (χ4n) is 10.3. The molecule has 17 heteroatoms. The molecule has 0 aliphatic carbocycles. The number of thiophene rings is 1. The summed E-state index contributed by atoms with van der Waals surface area (Å²) in [7, 11) is 0. The third kappa shape index (κ3) is 6.77. The first-order valence-corrected chi connectivity index (χ1v) is 22.2. The number of fused-ring (bicyclic) bond motifs is 6. The molecular weight excluding hydrogens is 821 g/mol. The maximum atomic E-state index is 15.8. The van der Waals surface area contributed by atoms with Crippen molar-refractivity contribution in [2.24, 2.45) is 10.9 Å². The second kappa shape index (κ2) is 15.2. The van der Waals surface area contributed by atoms with Crippen LogP contribution in [0.5, 0.6) is 0 Å². The molecule has 4 atom stereocenters. The highest BCUT2D eigenvalue weighted by atomic mass is 35.5. The fraction of sp³-hybridized carbons (Fsp3) is 0.455. The molecule has 0 spiro atoms. The lowest BCUT2D eigenvalue weighted by molar-refractivity contribution is -0.136. The summed E-state index contributed by atoms with van der Waals surface area (Å²) in [5, 5.41) is 12.9. The van der Waals surface area contributed by atoms with Crippen molar-refractivity contribution in [1.29, 1.82) is 0 Å². The zero-order chi connectivity index (χ0) is 42.4. The van der Waals surface area contributed by atoms with Crippen LogP contribution >= 0.6 is 22.9 Å². The smallest absolute Gasteiger partial charge is 0.262 e. The summed E-state index contributed by atoms with van der Waals surface area (Å²) in [6.45, 7) is 9.52. The van der Waals surface area contributed by atoms with E-state index in [1.807, 2.05) is 41.0 Å². The number of anilines is 1. The van der Waals surface area contributed by atoms with E-state index in [1.165, 1.54) is 10.9 Å². The van der Waals surface area contributed by atoms with Crippen molar-refractivity contribution in [1.82, 2.24) is 34.8 Å². The Hall–Kier alpha value is -5.32. The molecule has 6 aliphatic heterocycles. The van der Waals surface area contributed by atoms with E-state index in [9.17, 15) is 24.0 Å². The van der Waals surface area contributed by atoms with Crippen LogP contribution in [0.1, 0.15) is 105 Å². The van der Waals surface area contributed by atoms with Crippen molar-refractivity contribution in [3.8, 4) is 5.00 Å². The third-order valence-corrected chi connectivity index (χ3v) is 15.1. The van der Waals surface area contributed by atoms with E-state index in [-0.39, 0.29) is 54.1 Å². The number of aliphatic imine (C=N–C) groups is 1. The summed E-state index contributed by atoms with van der Waals surface area (Å²) >= 11 is 7.97. The van der Waals surface area contributed by atoms with E-state index < -0.39 is 41.5 Å². The number of amides is 5. The van der Waals surface area contributed by atoms with Crippen LogP contribution in [0, 0.1) is 32.5 Å². The number of aromatic nitrogens is 3. The van der Waals surface area contributed by atoms with Gasteiger partial charge in [0.15, 0.2) is 5.82 Å². The summed E-state index contributed by atoms with van der Waals surface area (Å²) in [4.78, 5) is 79.0. The van der Waals surface area contributed by atoms with Gasteiger partial charge in [-0.1, -0.05) is 23.7 Å². The fourth-order valence-corrected chi connectivity index (χ4v) is 11.6. The molecule has 6 aliphatic rings. The summed E-state index contributed by atoms with van der Waals surface area (Å²) in [5.41, 5.74) is 4.22. The van der Waals surface area contributed by atoms with E-state index in [2.05, 4.69) is 38.8 Å². The highest BCUT2D eigenvalue weighted by molar-refractivity contribution is 7.15. The number of hydrogen-bond donors (Lipinski definition) is 1. The van der Waals surface area contributed by atoms with Gasteiger partial charge in [0.2, 0.25) is 17.7 Å².